The number of benzene rings is 1. The van der Waals surface area contributed by atoms with E-state index in [1.54, 1.807) is 0 Å². The van der Waals surface area contributed by atoms with Gasteiger partial charge in [0.15, 0.2) is 15.5 Å². The van der Waals surface area contributed by atoms with Crippen molar-refractivity contribution in [2.75, 3.05) is 6.26 Å². The molecule has 0 unspecified atom stereocenters. The Balaban J connectivity index is 2.24. The average Bonchev–Trinajstić information content (AvgIpc) is 3.34. The maximum atomic E-state index is 13.6. The van der Waals surface area contributed by atoms with Gasteiger partial charge in [0.1, 0.15) is 5.76 Å². The lowest BCUT2D eigenvalue weighted by molar-refractivity contribution is -0.138. The Morgan fingerprint density at radius 3 is 2.37 bits per heavy atom. The van der Waals surface area contributed by atoms with Crippen molar-refractivity contribution in [2.24, 2.45) is 0 Å². The number of hydrogen-bond donors (Lipinski definition) is 0. The van der Waals surface area contributed by atoms with Gasteiger partial charge in [-0.15, -0.1) is 0 Å². The van der Waals surface area contributed by atoms with E-state index in [1.807, 2.05) is 0 Å². The molecule has 1 aliphatic rings. The predicted molar refractivity (Wildman–Crippen MR) is 97.0 cm³/mol. The third kappa shape index (κ3) is 4.40. The van der Waals surface area contributed by atoms with Gasteiger partial charge in [-0.25, -0.2) is 13.2 Å². The fourth-order valence-electron chi connectivity index (χ4n) is 2.95. The Morgan fingerprint density at radius 2 is 1.87 bits per heavy atom. The molecule has 0 saturated heterocycles. The molecule has 0 bridgehead atoms. The molecule has 1 aromatic heterocycles. The largest absolute Gasteiger partial charge is 0.459 e. The summed E-state index contributed by atoms with van der Waals surface area (Å²) in [5, 5.41) is 3.61. The Bertz CT molecular complexity index is 1110. The summed E-state index contributed by atoms with van der Waals surface area (Å²) in [6.07, 6.45) is -3.56. The first-order valence-corrected chi connectivity index (χ1v) is 10.9. The van der Waals surface area contributed by atoms with E-state index in [4.69, 9.17) is 9.26 Å². The number of esters is 1. The van der Waals surface area contributed by atoms with Gasteiger partial charge in [0.25, 0.3) is 0 Å². The predicted octanol–water partition coefficient (Wildman–Crippen LogP) is 3.77. The lowest BCUT2D eigenvalue weighted by Gasteiger charge is -2.18. The second kappa shape index (κ2) is 7.53. The molecule has 0 atom stereocenters. The fourth-order valence-corrected chi connectivity index (χ4v) is 4.08. The van der Waals surface area contributed by atoms with Crippen LogP contribution in [0.1, 0.15) is 70.3 Å². The molecule has 1 fully saturated rings. The summed E-state index contributed by atoms with van der Waals surface area (Å²) in [7, 11) is -4.46. The molecule has 2 aromatic rings. The number of carbonyl (C=O) groups is 2. The summed E-state index contributed by atoms with van der Waals surface area (Å²) in [6, 6.07) is 2.54. The van der Waals surface area contributed by atoms with E-state index >= 15 is 0 Å². The summed E-state index contributed by atoms with van der Waals surface area (Å²) < 4.78 is 75.4. The van der Waals surface area contributed by atoms with Gasteiger partial charge in [-0.2, -0.15) is 13.2 Å². The van der Waals surface area contributed by atoms with Crippen LogP contribution in [-0.2, 0) is 20.8 Å². The molecule has 0 radical (unpaired) electrons. The minimum atomic E-state index is -5.06. The molecule has 0 N–H and O–H groups in total. The number of carbonyl (C=O) groups excluding carboxylic acids is 2. The smallest absolute Gasteiger partial charge is 0.417 e. The number of nitrogens with zero attached hydrogens (tertiary/aromatic N) is 1. The van der Waals surface area contributed by atoms with Gasteiger partial charge < -0.3 is 9.26 Å². The van der Waals surface area contributed by atoms with Crippen LogP contribution in [0.5, 0.6) is 0 Å². The number of ketones is 1. The van der Waals surface area contributed by atoms with Crippen molar-refractivity contribution >= 4 is 21.6 Å². The van der Waals surface area contributed by atoms with E-state index in [1.165, 1.54) is 19.9 Å². The van der Waals surface area contributed by atoms with Crippen molar-refractivity contribution in [3.8, 4) is 0 Å². The molecule has 1 heterocycles. The van der Waals surface area contributed by atoms with Crippen LogP contribution in [-0.4, -0.2) is 37.7 Å². The third-order valence-electron chi connectivity index (χ3n) is 4.37. The molecule has 162 valence electrons. The van der Waals surface area contributed by atoms with Crippen molar-refractivity contribution < 1.29 is 40.4 Å². The molecule has 3 rings (SSSR count). The van der Waals surface area contributed by atoms with Crippen LogP contribution in [0, 0.1) is 0 Å². The summed E-state index contributed by atoms with van der Waals surface area (Å²) in [4.78, 5) is 24.3. The molecule has 0 aliphatic heterocycles. The Hall–Kier alpha value is -2.69. The van der Waals surface area contributed by atoms with Crippen molar-refractivity contribution in [2.45, 2.75) is 49.8 Å². The van der Waals surface area contributed by atoms with Crippen LogP contribution in [0.2, 0.25) is 0 Å². The normalized spacial score (nSPS) is 14.8. The molecule has 1 saturated carbocycles. The van der Waals surface area contributed by atoms with E-state index in [0.717, 1.165) is 18.9 Å². The van der Waals surface area contributed by atoms with Gasteiger partial charge >= 0.3 is 12.1 Å². The monoisotopic (exact) mass is 445 g/mol. The molecule has 11 heteroatoms. The highest BCUT2D eigenvalue weighted by molar-refractivity contribution is 7.90. The molecule has 7 nitrogen and oxygen atoms in total. The SMILES string of the molecule is CC(C)OC(=O)c1c(C(F)(F)F)ccc(C(=O)c2cc(C3CC3)on2)c1S(C)(=O)=O. The van der Waals surface area contributed by atoms with Gasteiger partial charge in [0, 0.05) is 23.8 Å². The van der Waals surface area contributed by atoms with Gasteiger partial charge in [0.2, 0.25) is 5.78 Å². The van der Waals surface area contributed by atoms with E-state index in [9.17, 15) is 31.2 Å². The van der Waals surface area contributed by atoms with Gasteiger partial charge in [0.05, 0.1) is 22.1 Å². The van der Waals surface area contributed by atoms with Crippen molar-refractivity contribution in [1.82, 2.24) is 5.16 Å². The van der Waals surface area contributed by atoms with Gasteiger partial charge in [-0.3, -0.25) is 4.79 Å². The summed E-state index contributed by atoms with van der Waals surface area (Å²) in [5.41, 5.74) is -3.61. The molecule has 0 amide bonds. The number of ether oxygens (including phenoxy) is 1. The van der Waals surface area contributed by atoms with E-state index in [-0.39, 0.29) is 11.6 Å². The first kappa shape index (κ1) is 22.0. The van der Waals surface area contributed by atoms with Crippen LogP contribution in [0.3, 0.4) is 0 Å². The number of aromatic nitrogens is 1. The highest BCUT2D eigenvalue weighted by Gasteiger charge is 2.41. The molecule has 1 aliphatic carbocycles. The van der Waals surface area contributed by atoms with E-state index in [0.29, 0.717) is 18.1 Å². The van der Waals surface area contributed by atoms with Gasteiger partial charge in [-0.1, -0.05) is 5.16 Å². The van der Waals surface area contributed by atoms with Crippen molar-refractivity contribution in [3.05, 3.63) is 46.3 Å². The Labute approximate surface area is 170 Å². The number of rotatable bonds is 6. The molecular formula is C19H18F3NO6S. The lowest BCUT2D eigenvalue weighted by Crippen LogP contribution is -2.24. The number of sulfone groups is 1. The Morgan fingerprint density at radius 1 is 1.23 bits per heavy atom. The first-order valence-electron chi connectivity index (χ1n) is 8.97. The third-order valence-corrected chi connectivity index (χ3v) is 5.53. The van der Waals surface area contributed by atoms with Crippen molar-refractivity contribution in [3.63, 3.8) is 0 Å². The second-order valence-corrected chi connectivity index (χ2v) is 9.26. The first-order chi connectivity index (χ1) is 13.8. The van der Waals surface area contributed by atoms with E-state index in [2.05, 4.69) is 5.16 Å². The van der Waals surface area contributed by atoms with Gasteiger partial charge in [-0.05, 0) is 38.8 Å². The number of halogens is 3. The quantitative estimate of drug-likeness (QED) is 0.492. The standard InChI is InChI=1S/C19H18F3NO6S/c1-9(2)28-18(25)15-12(19(20,21)22)7-6-11(17(15)30(3,26)27)16(24)13-8-14(29-23-13)10-4-5-10/h6-10H,4-5H2,1-3H3. The second-order valence-electron chi connectivity index (χ2n) is 7.31. The molecule has 0 spiro atoms. The van der Waals surface area contributed by atoms with Crippen LogP contribution in [0.25, 0.3) is 0 Å². The van der Waals surface area contributed by atoms with E-state index < -0.39 is 55.5 Å². The molecule has 1 aromatic carbocycles. The number of alkyl halides is 3. The maximum Gasteiger partial charge on any atom is 0.417 e. The molecular weight excluding hydrogens is 427 g/mol. The van der Waals surface area contributed by atoms with Crippen LogP contribution < -0.4 is 0 Å². The zero-order chi connectivity index (χ0) is 22.4. The zero-order valence-corrected chi connectivity index (χ0v) is 17.1. The highest BCUT2D eigenvalue weighted by atomic mass is 32.2. The lowest BCUT2D eigenvalue weighted by atomic mass is 9.99. The van der Waals surface area contributed by atoms with Crippen molar-refractivity contribution in [1.29, 1.82) is 0 Å². The maximum absolute atomic E-state index is 13.6. The minimum Gasteiger partial charge on any atom is -0.459 e. The van der Waals surface area contributed by atoms with Crippen LogP contribution >= 0.6 is 0 Å². The topological polar surface area (TPSA) is 104 Å². The highest BCUT2D eigenvalue weighted by Crippen LogP contribution is 2.41. The summed E-state index contributed by atoms with van der Waals surface area (Å²) in [5.74, 6) is -1.92. The van der Waals surface area contributed by atoms with Crippen LogP contribution in [0.4, 0.5) is 13.2 Å². The minimum absolute atomic E-state index is 0.109. The summed E-state index contributed by atoms with van der Waals surface area (Å²) >= 11 is 0. The number of hydrogen-bond acceptors (Lipinski definition) is 7. The van der Waals surface area contributed by atoms with Crippen LogP contribution in [0.15, 0.2) is 27.6 Å². The summed E-state index contributed by atoms with van der Waals surface area (Å²) in [6.45, 7) is 2.80. The Kier molecular flexibility index (Phi) is 5.52. The molecule has 30 heavy (non-hydrogen) atoms. The average molecular weight is 445 g/mol. The fraction of sp³-hybridized carbons (Fsp3) is 0.421. The zero-order valence-electron chi connectivity index (χ0n) is 16.2.